The average Bonchev–Trinajstić information content (AvgIpc) is 2.69. The van der Waals surface area contributed by atoms with E-state index in [-0.39, 0.29) is 10.2 Å². The van der Waals surface area contributed by atoms with Crippen molar-refractivity contribution in [1.29, 1.82) is 10.5 Å². The van der Waals surface area contributed by atoms with Crippen molar-refractivity contribution in [2.45, 2.75) is 0 Å². The number of ether oxygens (including phenoxy) is 1. The number of carbonyl (C=O) groups excluding carboxylic acids is 1. The van der Waals surface area contributed by atoms with Crippen molar-refractivity contribution < 1.29 is 9.53 Å². The van der Waals surface area contributed by atoms with Crippen LogP contribution in [-0.4, -0.2) is 10.7 Å². The van der Waals surface area contributed by atoms with Gasteiger partial charge in [-0.2, -0.15) is 10.5 Å². The molecule has 0 atom stereocenters. The minimum atomic E-state index is -0.694. The third-order valence-corrected chi connectivity index (χ3v) is 5.29. The second kappa shape index (κ2) is 6.44. The molecule has 0 bridgehead atoms. The Balaban J connectivity index is 2.33. The number of halogens is 3. The molecule has 8 heteroatoms. The van der Waals surface area contributed by atoms with E-state index in [4.69, 9.17) is 15.3 Å². The average molecular weight is 474 g/mol. The van der Waals surface area contributed by atoms with Crippen molar-refractivity contribution in [2.24, 2.45) is 0 Å². The highest BCUT2D eigenvalue weighted by Gasteiger charge is 2.23. The number of nitrogens with zero attached hydrogens (tertiary/aromatic N) is 3. The Morgan fingerprint density at radius 2 is 1.67 bits per heavy atom. The van der Waals surface area contributed by atoms with Crippen molar-refractivity contribution in [3.63, 3.8) is 0 Å². The molecule has 0 radical (unpaired) electrons. The third kappa shape index (κ3) is 3.03. The fourth-order valence-electron chi connectivity index (χ4n) is 1.49. The number of nitriles is 2. The van der Waals surface area contributed by atoms with Crippen LogP contribution in [0.5, 0.6) is 5.75 Å². The zero-order valence-corrected chi connectivity index (χ0v) is 14.9. The molecule has 0 N–H and O–H groups in total. The molecular formula is C13H4Br3N3O2. The van der Waals surface area contributed by atoms with E-state index in [0.717, 1.165) is 0 Å². The molecule has 0 saturated carbocycles. The SMILES string of the molecule is N#Cc1ccc(OC(=O)n2c(Br)c(Br)c(C#N)c2Br)cc1. The van der Waals surface area contributed by atoms with Gasteiger partial charge in [0.15, 0.2) is 0 Å². The van der Waals surface area contributed by atoms with Crippen LogP contribution in [0, 0.1) is 22.7 Å². The van der Waals surface area contributed by atoms with Crippen molar-refractivity contribution >= 4 is 53.9 Å². The predicted octanol–water partition coefficient (Wildman–Crippen LogP) is 4.57. The van der Waals surface area contributed by atoms with Gasteiger partial charge in [0.2, 0.25) is 0 Å². The molecule has 2 aromatic rings. The number of benzene rings is 1. The maximum atomic E-state index is 12.2. The van der Waals surface area contributed by atoms with Gasteiger partial charge in [-0.25, -0.2) is 9.36 Å². The molecule has 0 amide bonds. The minimum Gasteiger partial charge on any atom is -0.410 e. The molecule has 0 aliphatic rings. The molecule has 0 fully saturated rings. The monoisotopic (exact) mass is 471 g/mol. The van der Waals surface area contributed by atoms with E-state index < -0.39 is 6.09 Å². The first-order valence-corrected chi connectivity index (χ1v) is 7.75. The standard InChI is InChI=1S/C13H4Br3N3O2/c14-10-9(6-18)11(15)19(12(10)16)13(20)21-8-3-1-7(5-17)2-4-8/h1-4H. The van der Waals surface area contributed by atoms with E-state index in [2.05, 4.69) is 47.8 Å². The van der Waals surface area contributed by atoms with Gasteiger partial charge in [-0.05, 0) is 72.1 Å². The Kier molecular flexibility index (Phi) is 4.84. The van der Waals surface area contributed by atoms with Gasteiger partial charge in [-0.15, -0.1) is 0 Å². The van der Waals surface area contributed by atoms with Gasteiger partial charge in [0.25, 0.3) is 0 Å². The van der Waals surface area contributed by atoms with Crippen molar-refractivity contribution in [1.82, 2.24) is 4.57 Å². The fourth-order valence-corrected chi connectivity index (χ4v) is 3.58. The molecule has 0 aliphatic heterocycles. The molecule has 2 rings (SSSR count). The second-order valence-corrected chi connectivity index (χ2v) is 6.02. The largest absolute Gasteiger partial charge is 0.425 e. The molecule has 1 heterocycles. The van der Waals surface area contributed by atoms with Gasteiger partial charge < -0.3 is 4.74 Å². The topological polar surface area (TPSA) is 78.8 Å². The Hall–Kier alpha value is -1.61. The summed E-state index contributed by atoms with van der Waals surface area (Å²) in [6.07, 6.45) is -0.694. The van der Waals surface area contributed by atoms with Crippen LogP contribution in [0.2, 0.25) is 0 Å². The maximum Gasteiger partial charge on any atom is 0.425 e. The van der Waals surface area contributed by atoms with Crippen LogP contribution in [-0.2, 0) is 0 Å². The van der Waals surface area contributed by atoms with Crippen LogP contribution in [0.1, 0.15) is 11.1 Å². The predicted molar refractivity (Wildman–Crippen MR) is 84.8 cm³/mol. The first-order valence-electron chi connectivity index (χ1n) is 5.37. The summed E-state index contributed by atoms with van der Waals surface area (Å²) in [4.78, 5) is 12.2. The fraction of sp³-hybridized carbons (Fsp3) is 0. The molecule has 1 aromatic heterocycles. The summed E-state index contributed by atoms with van der Waals surface area (Å²) in [7, 11) is 0. The Bertz CT molecular complexity index is 798. The van der Waals surface area contributed by atoms with Gasteiger partial charge in [0.1, 0.15) is 26.6 Å². The van der Waals surface area contributed by atoms with Crippen molar-refractivity contribution in [2.75, 3.05) is 0 Å². The Morgan fingerprint density at radius 3 is 2.14 bits per heavy atom. The molecule has 0 spiro atoms. The lowest BCUT2D eigenvalue weighted by molar-refractivity contribution is 0.201. The molecular weight excluding hydrogens is 470 g/mol. The van der Waals surface area contributed by atoms with Gasteiger partial charge >= 0.3 is 6.09 Å². The van der Waals surface area contributed by atoms with E-state index in [1.165, 1.54) is 16.7 Å². The quantitative estimate of drug-likeness (QED) is 0.608. The molecule has 0 saturated heterocycles. The maximum absolute atomic E-state index is 12.2. The normalized spacial score (nSPS) is 9.76. The van der Waals surface area contributed by atoms with Crippen LogP contribution >= 0.6 is 47.8 Å². The summed E-state index contributed by atoms with van der Waals surface area (Å²) >= 11 is 9.63. The lowest BCUT2D eigenvalue weighted by Crippen LogP contribution is -2.17. The lowest BCUT2D eigenvalue weighted by Gasteiger charge is -2.07. The number of hydrogen-bond acceptors (Lipinski definition) is 4. The van der Waals surface area contributed by atoms with Gasteiger partial charge in [0, 0.05) is 0 Å². The van der Waals surface area contributed by atoms with Crippen LogP contribution in [0.3, 0.4) is 0 Å². The summed E-state index contributed by atoms with van der Waals surface area (Å²) in [5, 5.41) is 17.8. The zero-order valence-electron chi connectivity index (χ0n) is 10.1. The number of rotatable bonds is 1. The van der Waals surface area contributed by atoms with Crippen molar-refractivity contribution in [3.05, 3.63) is 49.1 Å². The smallest absolute Gasteiger partial charge is 0.410 e. The van der Waals surface area contributed by atoms with Crippen LogP contribution < -0.4 is 4.74 Å². The molecule has 1 aromatic carbocycles. The number of carbonyl (C=O) groups is 1. The molecule has 5 nitrogen and oxygen atoms in total. The molecule has 0 aliphatic carbocycles. The molecule has 0 unspecified atom stereocenters. The van der Waals surface area contributed by atoms with Crippen LogP contribution in [0.4, 0.5) is 4.79 Å². The van der Waals surface area contributed by atoms with E-state index in [1.807, 2.05) is 12.1 Å². The summed E-state index contributed by atoms with van der Waals surface area (Å²) in [6, 6.07) is 10.1. The Morgan fingerprint density at radius 1 is 1.05 bits per heavy atom. The summed E-state index contributed by atoms with van der Waals surface area (Å²) in [5.41, 5.74) is 0.742. The van der Waals surface area contributed by atoms with E-state index in [9.17, 15) is 4.79 Å². The highest BCUT2D eigenvalue weighted by Crippen LogP contribution is 2.35. The van der Waals surface area contributed by atoms with Crippen LogP contribution in [0.25, 0.3) is 0 Å². The first kappa shape index (κ1) is 15.8. The zero-order chi connectivity index (χ0) is 15.6. The number of aromatic nitrogens is 1. The summed E-state index contributed by atoms with van der Waals surface area (Å²) in [5.74, 6) is 0.293. The first-order chi connectivity index (χ1) is 9.99. The summed E-state index contributed by atoms with van der Waals surface area (Å²) in [6.45, 7) is 0. The summed E-state index contributed by atoms with van der Waals surface area (Å²) < 4.78 is 7.46. The number of hydrogen-bond donors (Lipinski definition) is 0. The van der Waals surface area contributed by atoms with Crippen molar-refractivity contribution in [3.8, 4) is 17.9 Å². The molecule has 104 valence electrons. The third-order valence-electron chi connectivity index (χ3n) is 2.48. The molecule has 21 heavy (non-hydrogen) atoms. The van der Waals surface area contributed by atoms with Gasteiger partial charge in [-0.1, -0.05) is 0 Å². The Labute approximate surface area is 145 Å². The van der Waals surface area contributed by atoms with Gasteiger partial charge in [-0.3, -0.25) is 0 Å². The van der Waals surface area contributed by atoms with E-state index >= 15 is 0 Å². The van der Waals surface area contributed by atoms with Crippen LogP contribution in [0.15, 0.2) is 37.9 Å². The second-order valence-electron chi connectivity index (χ2n) is 3.72. The van der Waals surface area contributed by atoms with Gasteiger partial charge in [0.05, 0.1) is 16.1 Å². The highest BCUT2D eigenvalue weighted by atomic mass is 79.9. The highest BCUT2D eigenvalue weighted by molar-refractivity contribution is 9.13. The minimum absolute atomic E-state index is 0.277. The van der Waals surface area contributed by atoms with E-state index in [0.29, 0.717) is 20.4 Å². The lowest BCUT2D eigenvalue weighted by atomic mass is 10.2. The van der Waals surface area contributed by atoms with E-state index in [1.54, 1.807) is 12.1 Å².